The molecule has 2 heterocycles. The van der Waals surface area contributed by atoms with Crippen LogP contribution in [0.3, 0.4) is 0 Å². The number of hydrogen-bond acceptors (Lipinski definition) is 4. The zero-order valence-corrected chi connectivity index (χ0v) is 12.4. The molecule has 1 aliphatic carbocycles. The molecular weight excluding hydrogens is 274 g/mol. The van der Waals surface area contributed by atoms with Crippen molar-refractivity contribution in [3.63, 3.8) is 0 Å². The Labute approximate surface area is 123 Å². The van der Waals surface area contributed by atoms with E-state index in [2.05, 4.69) is 10.6 Å². The van der Waals surface area contributed by atoms with Crippen LogP contribution in [0.1, 0.15) is 32.6 Å². The molecule has 4 amide bonds. The Morgan fingerprint density at radius 3 is 2.67 bits per heavy atom. The standard InChI is InChI=1S/C14H21N3O4/c1-13(21-2,9-4-5-9)11(19)17-7-3-6-14(8-17)10(18)15-12(20)16-14/h9H,3-8H2,1-2H3,(H2,15,16,18,20). The molecule has 3 rings (SSSR count). The van der Waals surface area contributed by atoms with Crippen molar-refractivity contribution in [3.05, 3.63) is 0 Å². The summed E-state index contributed by atoms with van der Waals surface area (Å²) in [7, 11) is 1.56. The summed E-state index contributed by atoms with van der Waals surface area (Å²) < 4.78 is 5.50. The van der Waals surface area contributed by atoms with E-state index < -0.39 is 17.2 Å². The van der Waals surface area contributed by atoms with E-state index in [1.165, 1.54) is 0 Å². The second kappa shape index (κ2) is 4.69. The van der Waals surface area contributed by atoms with Crippen molar-refractivity contribution in [1.82, 2.24) is 15.5 Å². The van der Waals surface area contributed by atoms with Crippen LogP contribution in [0.4, 0.5) is 4.79 Å². The molecule has 0 bridgehead atoms. The maximum absolute atomic E-state index is 12.8. The van der Waals surface area contributed by atoms with Gasteiger partial charge in [-0.05, 0) is 38.5 Å². The van der Waals surface area contributed by atoms with Crippen molar-refractivity contribution in [1.29, 1.82) is 0 Å². The Morgan fingerprint density at radius 1 is 1.43 bits per heavy atom. The first-order valence-electron chi connectivity index (χ1n) is 7.39. The SMILES string of the molecule is COC(C)(C(=O)N1CCCC2(C1)NC(=O)NC2=O)C1CC1. The molecule has 0 aromatic carbocycles. The van der Waals surface area contributed by atoms with Crippen LogP contribution >= 0.6 is 0 Å². The molecule has 7 heteroatoms. The number of amides is 4. The summed E-state index contributed by atoms with van der Waals surface area (Å²) in [5, 5.41) is 4.95. The molecule has 2 atom stereocenters. The minimum absolute atomic E-state index is 0.0828. The van der Waals surface area contributed by atoms with E-state index in [0.29, 0.717) is 19.4 Å². The lowest BCUT2D eigenvalue weighted by molar-refractivity contribution is -0.158. The van der Waals surface area contributed by atoms with Crippen molar-refractivity contribution in [3.8, 4) is 0 Å². The summed E-state index contributed by atoms with van der Waals surface area (Å²) in [6.45, 7) is 2.63. The van der Waals surface area contributed by atoms with E-state index in [0.717, 1.165) is 12.8 Å². The number of imide groups is 1. The fraction of sp³-hybridized carbons (Fsp3) is 0.786. The molecule has 2 saturated heterocycles. The lowest BCUT2D eigenvalue weighted by atomic mass is 9.87. The largest absolute Gasteiger partial charge is 0.368 e. The smallest absolute Gasteiger partial charge is 0.322 e. The lowest BCUT2D eigenvalue weighted by Crippen LogP contribution is -2.62. The monoisotopic (exact) mass is 295 g/mol. The van der Waals surface area contributed by atoms with Crippen molar-refractivity contribution >= 4 is 17.8 Å². The Bertz CT molecular complexity index is 504. The van der Waals surface area contributed by atoms with Gasteiger partial charge in [0.25, 0.3) is 11.8 Å². The summed E-state index contributed by atoms with van der Waals surface area (Å²) in [6.07, 6.45) is 3.23. The van der Waals surface area contributed by atoms with Gasteiger partial charge in [0, 0.05) is 13.7 Å². The number of likely N-dealkylation sites (tertiary alicyclic amines) is 1. The van der Waals surface area contributed by atoms with Gasteiger partial charge in [0.05, 0.1) is 6.54 Å². The maximum atomic E-state index is 12.8. The molecule has 116 valence electrons. The highest BCUT2D eigenvalue weighted by molar-refractivity contribution is 6.07. The van der Waals surface area contributed by atoms with Crippen LogP contribution in [0.2, 0.25) is 0 Å². The second-order valence-corrected chi connectivity index (χ2v) is 6.41. The number of methoxy groups -OCH3 is 1. The first-order chi connectivity index (χ1) is 9.91. The van der Waals surface area contributed by atoms with E-state index in [4.69, 9.17) is 4.74 Å². The van der Waals surface area contributed by atoms with Gasteiger partial charge in [-0.3, -0.25) is 14.9 Å². The van der Waals surface area contributed by atoms with Crippen molar-refractivity contribution in [2.75, 3.05) is 20.2 Å². The third-order valence-electron chi connectivity index (χ3n) is 5.00. The quantitative estimate of drug-likeness (QED) is 0.718. The fourth-order valence-electron chi connectivity index (χ4n) is 3.42. The van der Waals surface area contributed by atoms with Crippen LogP contribution in [-0.2, 0) is 14.3 Å². The van der Waals surface area contributed by atoms with Crippen LogP contribution in [0.5, 0.6) is 0 Å². The maximum Gasteiger partial charge on any atom is 0.322 e. The predicted octanol–water partition coefficient (Wildman–Crippen LogP) is 0.00210. The number of urea groups is 1. The van der Waals surface area contributed by atoms with Crippen molar-refractivity contribution < 1.29 is 19.1 Å². The molecule has 1 spiro atoms. The number of ether oxygens (including phenoxy) is 1. The molecular formula is C14H21N3O4. The Kier molecular flexibility index (Phi) is 3.20. The van der Waals surface area contributed by atoms with Crippen molar-refractivity contribution in [2.24, 2.45) is 5.92 Å². The third-order valence-corrected chi connectivity index (χ3v) is 5.00. The minimum Gasteiger partial charge on any atom is -0.368 e. The topological polar surface area (TPSA) is 87.7 Å². The summed E-state index contributed by atoms with van der Waals surface area (Å²) >= 11 is 0. The van der Waals surface area contributed by atoms with Gasteiger partial charge in [-0.2, -0.15) is 0 Å². The third kappa shape index (κ3) is 2.19. The summed E-state index contributed by atoms with van der Waals surface area (Å²) in [5.41, 5.74) is -1.79. The summed E-state index contributed by atoms with van der Waals surface area (Å²) in [6, 6.07) is -0.481. The molecule has 21 heavy (non-hydrogen) atoms. The van der Waals surface area contributed by atoms with Gasteiger partial charge >= 0.3 is 6.03 Å². The Balaban J connectivity index is 1.78. The molecule has 2 unspecified atom stereocenters. The van der Waals surface area contributed by atoms with Crippen molar-refractivity contribution in [2.45, 2.75) is 43.7 Å². The van der Waals surface area contributed by atoms with E-state index >= 15 is 0 Å². The van der Waals surface area contributed by atoms with Gasteiger partial charge in [-0.1, -0.05) is 0 Å². The van der Waals surface area contributed by atoms with Crippen LogP contribution in [0.25, 0.3) is 0 Å². The van der Waals surface area contributed by atoms with Crippen LogP contribution < -0.4 is 10.6 Å². The average molecular weight is 295 g/mol. The fourth-order valence-corrected chi connectivity index (χ4v) is 3.42. The molecule has 0 aromatic rings. The highest BCUT2D eigenvalue weighted by Crippen LogP contribution is 2.43. The Morgan fingerprint density at radius 2 is 2.14 bits per heavy atom. The zero-order chi connectivity index (χ0) is 15.3. The van der Waals surface area contributed by atoms with Crippen LogP contribution in [0, 0.1) is 5.92 Å². The Hall–Kier alpha value is -1.63. The van der Waals surface area contributed by atoms with Gasteiger partial charge in [-0.25, -0.2) is 4.79 Å². The molecule has 2 aliphatic heterocycles. The number of nitrogens with zero attached hydrogens (tertiary/aromatic N) is 1. The van der Waals surface area contributed by atoms with Crippen LogP contribution in [-0.4, -0.2) is 54.1 Å². The van der Waals surface area contributed by atoms with E-state index in [-0.39, 0.29) is 24.3 Å². The lowest BCUT2D eigenvalue weighted by Gasteiger charge is -2.41. The van der Waals surface area contributed by atoms with Gasteiger partial charge in [0.15, 0.2) is 0 Å². The normalized spacial score (nSPS) is 31.8. The number of rotatable bonds is 3. The first-order valence-corrected chi connectivity index (χ1v) is 7.39. The zero-order valence-electron chi connectivity index (χ0n) is 12.4. The van der Waals surface area contributed by atoms with E-state index in [9.17, 15) is 14.4 Å². The summed E-state index contributed by atoms with van der Waals surface area (Å²) in [5.74, 6) is -0.170. The first kappa shape index (κ1) is 14.3. The molecule has 7 nitrogen and oxygen atoms in total. The van der Waals surface area contributed by atoms with E-state index in [1.54, 1.807) is 12.0 Å². The molecule has 3 fully saturated rings. The van der Waals surface area contributed by atoms with Gasteiger partial charge in [0.1, 0.15) is 11.1 Å². The number of piperidine rings is 1. The average Bonchev–Trinajstić information content (AvgIpc) is 3.27. The van der Waals surface area contributed by atoms with Gasteiger partial charge in [-0.15, -0.1) is 0 Å². The predicted molar refractivity (Wildman–Crippen MR) is 73.4 cm³/mol. The summed E-state index contributed by atoms with van der Waals surface area (Å²) in [4.78, 5) is 37.9. The highest BCUT2D eigenvalue weighted by atomic mass is 16.5. The number of carbonyl (C=O) groups excluding carboxylic acids is 3. The van der Waals surface area contributed by atoms with Gasteiger partial charge < -0.3 is 15.0 Å². The molecule has 3 aliphatic rings. The van der Waals surface area contributed by atoms with Crippen LogP contribution in [0.15, 0.2) is 0 Å². The van der Waals surface area contributed by atoms with Gasteiger partial charge in [0.2, 0.25) is 0 Å². The molecule has 2 N–H and O–H groups in total. The number of hydrogen-bond donors (Lipinski definition) is 2. The molecule has 0 aromatic heterocycles. The van der Waals surface area contributed by atoms with E-state index in [1.807, 2.05) is 6.92 Å². The second-order valence-electron chi connectivity index (χ2n) is 6.41. The number of nitrogens with one attached hydrogen (secondary N) is 2. The molecule has 0 radical (unpaired) electrons. The highest BCUT2D eigenvalue weighted by Gasteiger charge is 2.54. The minimum atomic E-state index is -0.969. The number of carbonyl (C=O) groups is 3. The molecule has 1 saturated carbocycles.